The molecule has 0 bridgehead atoms. The molecule has 0 aromatic carbocycles. The Morgan fingerprint density at radius 3 is 2.54 bits per heavy atom. The fraction of sp³-hybridized carbons (Fsp3) is 0.467. The first-order valence-corrected chi connectivity index (χ1v) is 7.40. The third-order valence-corrected chi connectivity index (χ3v) is 3.01. The number of urea groups is 1. The Hall–Kier alpha value is -2.87. The first-order valence-electron chi connectivity index (χ1n) is 7.40. The molecule has 142 valence electrons. The molecule has 0 aliphatic carbocycles. The molecule has 0 saturated heterocycles. The highest BCUT2D eigenvalue weighted by Gasteiger charge is 2.33. The van der Waals surface area contributed by atoms with Crippen LogP contribution < -0.4 is 16.0 Å². The van der Waals surface area contributed by atoms with Crippen molar-refractivity contribution in [3.8, 4) is 12.3 Å². The van der Waals surface area contributed by atoms with Crippen LogP contribution in [0.3, 0.4) is 0 Å². The number of aliphatic hydroxyl groups excluding tert-OH is 1. The second-order valence-corrected chi connectivity index (χ2v) is 5.28. The highest BCUT2D eigenvalue weighted by molar-refractivity contribution is 5.87. The summed E-state index contributed by atoms with van der Waals surface area (Å²) >= 11 is 0. The summed E-state index contributed by atoms with van der Waals surface area (Å²) in [5.41, 5.74) is -1.04. The smallest absolute Gasteiger partial charge is 0.391 e. The van der Waals surface area contributed by atoms with Crippen molar-refractivity contribution in [3.63, 3.8) is 0 Å². The SMILES string of the molecule is C#CCNC(=O)[C@@H](NC(=O)NCc1nc(C)cc(C(F)(F)F)n1)[C@@H](C)O. The quantitative estimate of drug-likeness (QED) is 0.528. The largest absolute Gasteiger partial charge is 0.433 e. The third-order valence-electron chi connectivity index (χ3n) is 3.01. The van der Waals surface area contributed by atoms with Crippen LogP contribution in [0.2, 0.25) is 0 Å². The van der Waals surface area contributed by atoms with E-state index in [4.69, 9.17) is 6.42 Å². The van der Waals surface area contributed by atoms with Crippen molar-refractivity contribution in [1.29, 1.82) is 0 Å². The maximum Gasteiger partial charge on any atom is 0.433 e. The number of hydrogen-bond donors (Lipinski definition) is 4. The van der Waals surface area contributed by atoms with Crippen LogP contribution in [-0.2, 0) is 17.5 Å². The highest BCUT2D eigenvalue weighted by atomic mass is 19.4. The number of aryl methyl sites for hydroxylation is 1. The molecule has 2 atom stereocenters. The van der Waals surface area contributed by atoms with Crippen LogP contribution in [0.4, 0.5) is 18.0 Å². The van der Waals surface area contributed by atoms with E-state index in [1.807, 2.05) is 0 Å². The Kier molecular flexibility index (Phi) is 7.33. The molecule has 0 aliphatic heterocycles. The van der Waals surface area contributed by atoms with E-state index in [2.05, 4.69) is 31.8 Å². The van der Waals surface area contributed by atoms with Gasteiger partial charge in [0.05, 0.1) is 19.2 Å². The maximum absolute atomic E-state index is 12.7. The van der Waals surface area contributed by atoms with Crippen molar-refractivity contribution < 1.29 is 27.9 Å². The lowest BCUT2D eigenvalue weighted by Gasteiger charge is -2.20. The molecule has 0 aliphatic rings. The Bertz CT molecular complexity index is 701. The van der Waals surface area contributed by atoms with Gasteiger partial charge in [-0.05, 0) is 19.9 Å². The lowest BCUT2D eigenvalue weighted by atomic mass is 10.1. The van der Waals surface area contributed by atoms with Crippen LogP contribution in [0, 0.1) is 19.3 Å². The molecule has 1 heterocycles. The van der Waals surface area contributed by atoms with E-state index in [-0.39, 0.29) is 18.1 Å². The average Bonchev–Trinajstić information content (AvgIpc) is 2.54. The number of rotatable bonds is 6. The van der Waals surface area contributed by atoms with E-state index in [0.29, 0.717) is 0 Å². The average molecular weight is 373 g/mol. The van der Waals surface area contributed by atoms with E-state index in [9.17, 15) is 27.9 Å². The van der Waals surface area contributed by atoms with Crippen molar-refractivity contribution >= 4 is 11.9 Å². The number of halogens is 3. The number of aromatic nitrogens is 2. The zero-order chi connectivity index (χ0) is 19.9. The number of hydrogen-bond acceptors (Lipinski definition) is 5. The molecular formula is C15H18F3N5O3. The number of nitrogens with one attached hydrogen (secondary N) is 3. The number of carbonyl (C=O) groups is 2. The van der Waals surface area contributed by atoms with Gasteiger partial charge in [0, 0.05) is 5.69 Å². The lowest BCUT2D eigenvalue weighted by Crippen LogP contribution is -2.54. The van der Waals surface area contributed by atoms with Crippen molar-refractivity contribution in [2.75, 3.05) is 6.54 Å². The van der Waals surface area contributed by atoms with Gasteiger partial charge in [0.2, 0.25) is 5.91 Å². The third kappa shape index (κ3) is 6.56. The molecule has 26 heavy (non-hydrogen) atoms. The van der Waals surface area contributed by atoms with E-state index in [1.165, 1.54) is 13.8 Å². The van der Waals surface area contributed by atoms with E-state index < -0.39 is 42.5 Å². The summed E-state index contributed by atoms with van der Waals surface area (Å²) in [6.07, 6.45) is -0.872. The van der Waals surface area contributed by atoms with Crippen LogP contribution in [0.5, 0.6) is 0 Å². The predicted molar refractivity (Wildman–Crippen MR) is 84.5 cm³/mol. The minimum absolute atomic E-state index is 0.0834. The molecule has 1 aromatic heterocycles. The van der Waals surface area contributed by atoms with Gasteiger partial charge >= 0.3 is 12.2 Å². The van der Waals surface area contributed by atoms with Gasteiger partial charge in [-0.2, -0.15) is 13.2 Å². The minimum atomic E-state index is -4.64. The standard InChI is InChI=1S/C15H18F3N5O3/c1-4-5-19-13(25)12(9(3)24)23-14(26)20-7-11-21-8(2)6-10(22-11)15(16,17)18/h1,6,9,12,24H,5,7H2,2-3H3,(H,19,25)(H2,20,23,26)/t9-,12+/m1/s1. The van der Waals surface area contributed by atoms with Gasteiger partial charge < -0.3 is 21.1 Å². The first-order chi connectivity index (χ1) is 12.0. The van der Waals surface area contributed by atoms with Crippen LogP contribution in [0.15, 0.2) is 6.07 Å². The van der Waals surface area contributed by atoms with Gasteiger partial charge in [-0.15, -0.1) is 6.42 Å². The summed E-state index contributed by atoms with van der Waals surface area (Å²) in [7, 11) is 0. The molecule has 8 nitrogen and oxygen atoms in total. The summed E-state index contributed by atoms with van der Waals surface area (Å²) < 4.78 is 38.2. The van der Waals surface area contributed by atoms with Crippen LogP contribution >= 0.6 is 0 Å². The number of amides is 3. The normalized spacial score (nSPS) is 13.3. The summed E-state index contributed by atoms with van der Waals surface area (Å²) in [5, 5.41) is 16.3. The molecule has 11 heteroatoms. The molecular weight excluding hydrogens is 355 g/mol. The van der Waals surface area contributed by atoms with Crippen molar-refractivity contribution in [1.82, 2.24) is 25.9 Å². The monoisotopic (exact) mass is 373 g/mol. The van der Waals surface area contributed by atoms with Crippen LogP contribution in [-0.4, -0.2) is 45.7 Å². The van der Waals surface area contributed by atoms with Crippen molar-refractivity contribution in [2.24, 2.45) is 0 Å². The summed E-state index contributed by atoms with van der Waals surface area (Å²) in [6.45, 7) is 2.14. The zero-order valence-electron chi connectivity index (χ0n) is 14.0. The molecule has 1 aromatic rings. The van der Waals surface area contributed by atoms with Crippen LogP contribution in [0.25, 0.3) is 0 Å². The van der Waals surface area contributed by atoms with Crippen LogP contribution in [0.1, 0.15) is 24.1 Å². The van der Waals surface area contributed by atoms with Gasteiger partial charge in [-0.1, -0.05) is 5.92 Å². The Morgan fingerprint density at radius 1 is 1.35 bits per heavy atom. The highest BCUT2D eigenvalue weighted by Crippen LogP contribution is 2.27. The molecule has 0 radical (unpaired) electrons. The van der Waals surface area contributed by atoms with Gasteiger partial charge in [0.25, 0.3) is 0 Å². The summed E-state index contributed by atoms with van der Waals surface area (Å²) in [4.78, 5) is 30.8. The van der Waals surface area contributed by atoms with Gasteiger partial charge in [-0.25, -0.2) is 14.8 Å². The molecule has 0 unspecified atom stereocenters. The number of alkyl halides is 3. The van der Waals surface area contributed by atoms with E-state index in [0.717, 1.165) is 6.07 Å². The van der Waals surface area contributed by atoms with Gasteiger partial charge in [-0.3, -0.25) is 4.79 Å². The second kappa shape index (κ2) is 9.00. The maximum atomic E-state index is 12.7. The van der Waals surface area contributed by atoms with Crippen molar-refractivity contribution in [3.05, 3.63) is 23.3 Å². The second-order valence-electron chi connectivity index (χ2n) is 5.28. The Balaban J connectivity index is 2.72. The topological polar surface area (TPSA) is 116 Å². The first kappa shape index (κ1) is 21.2. The molecule has 3 amide bonds. The Labute approximate surface area is 147 Å². The zero-order valence-corrected chi connectivity index (χ0v) is 14.0. The molecule has 4 N–H and O–H groups in total. The number of aliphatic hydroxyl groups is 1. The number of carbonyl (C=O) groups excluding carboxylic acids is 2. The van der Waals surface area contributed by atoms with Crippen molar-refractivity contribution in [2.45, 2.75) is 38.7 Å². The molecule has 0 saturated carbocycles. The fourth-order valence-corrected chi connectivity index (χ4v) is 1.86. The summed E-state index contributed by atoms with van der Waals surface area (Å²) in [6, 6.07) is -1.42. The Morgan fingerprint density at radius 2 is 2.00 bits per heavy atom. The fourth-order valence-electron chi connectivity index (χ4n) is 1.86. The van der Waals surface area contributed by atoms with E-state index >= 15 is 0 Å². The summed E-state index contributed by atoms with van der Waals surface area (Å²) in [5.74, 6) is 1.20. The van der Waals surface area contributed by atoms with E-state index in [1.54, 1.807) is 0 Å². The number of terminal acetylenes is 1. The molecule has 0 spiro atoms. The minimum Gasteiger partial charge on any atom is -0.391 e. The molecule has 0 fully saturated rings. The lowest BCUT2D eigenvalue weighted by molar-refractivity contribution is -0.141. The predicted octanol–water partition coefficient (Wildman–Crippen LogP) is 0.102. The van der Waals surface area contributed by atoms with Gasteiger partial charge in [0.1, 0.15) is 17.6 Å². The number of nitrogens with zero attached hydrogens (tertiary/aromatic N) is 2. The van der Waals surface area contributed by atoms with Gasteiger partial charge in [0.15, 0.2) is 0 Å². The molecule has 1 rings (SSSR count).